The molecule has 1 aliphatic rings. The zero-order valence-corrected chi connectivity index (χ0v) is 10.00. The van der Waals surface area contributed by atoms with Crippen LogP contribution in [0.25, 0.3) is 0 Å². The van der Waals surface area contributed by atoms with Crippen molar-refractivity contribution in [2.75, 3.05) is 12.3 Å². The SMILES string of the molecule is Nc1ccc(C[C@@H]2NC(=O)N(CC(=O)O)C2=O)cc1. The van der Waals surface area contributed by atoms with Crippen LogP contribution in [0.1, 0.15) is 5.56 Å². The molecule has 3 amide bonds. The summed E-state index contributed by atoms with van der Waals surface area (Å²) in [7, 11) is 0. The van der Waals surface area contributed by atoms with E-state index in [2.05, 4.69) is 5.32 Å². The van der Waals surface area contributed by atoms with Gasteiger partial charge in [0.25, 0.3) is 5.91 Å². The number of nitrogens with two attached hydrogens (primary N) is 1. The number of benzene rings is 1. The Hall–Kier alpha value is -2.57. The van der Waals surface area contributed by atoms with Gasteiger partial charge < -0.3 is 16.2 Å². The van der Waals surface area contributed by atoms with Crippen LogP contribution in [0.5, 0.6) is 0 Å². The molecular weight excluding hydrogens is 250 g/mol. The van der Waals surface area contributed by atoms with Crippen LogP contribution in [0.4, 0.5) is 10.5 Å². The summed E-state index contributed by atoms with van der Waals surface area (Å²) in [6.45, 7) is -0.622. The average molecular weight is 263 g/mol. The minimum Gasteiger partial charge on any atom is -0.480 e. The molecule has 1 saturated heterocycles. The predicted molar refractivity (Wildman–Crippen MR) is 66.2 cm³/mol. The molecule has 7 heteroatoms. The van der Waals surface area contributed by atoms with Crippen molar-refractivity contribution in [1.29, 1.82) is 0 Å². The zero-order valence-electron chi connectivity index (χ0n) is 10.00. The van der Waals surface area contributed by atoms with Gasteiger partial charge in [0, 0.05) is 12.1 Å². The maximum absolute atomic E-state index is 11.9. The summed E-state index contributed by atoms with van der Waals surface area (Å²) < 4.78 is 0. The van der Waals surface area contributed by atoms with E-state index in [9.17, 15) is 14.4 Å². The number of hydrogen-bond acceptors (Lipinski definition) is 4. The van der Waals surface area contributed by atoms with Crippen molar-refractivity contribution >= 4 is 23.6 Å². The first-order valence-corrected chi connectivity index (χ1v) is 5.65. The van der Waals surface area contributed by atoms with Gasteiger partial charge in [-0.2, -0.15) is 0 Å². The molecule has 7 nitrogen and oxygen atoms in total. The van der Waals surface area contributed by atoms with E-state index in [0.717, 1.165) is 5.56 Å². The third-order valence-electron chi connectivity index (χ3n) is 2.82. The van der Waals surface area contributed by atoms with Crippen LogP contribution in [0.3, 0.4) is 0 Å². The molecule has 2 rings (SSSR count). The van der Waals surface area contributed by atoms with Crippen LogP contribution in [-0.4, -0.2) is 40.5 Å². The van der Waals surface area contributed by atoms with E-state index in [1.165, 1.54) is 0 Å². The lowest BCUT2D eigenvalue weighted by atomic mass is 10.1. The molecule has 1 heterocycles. The number of rotatable bonds is 4. The van der Waals surface area contributed by atoms with Gasteiger partial charge in [0.15, 0.2) is 0 Å². The van der Waals surface area contributed by atoms with Gasteiger partial charge in [0.1, 0.15) is 12.6 Å². The van der Waals surface area contributed by atoms with E-state index < -0.39 is 30.5 Å². The molecule has 0 unspecified atom stereocenters. The Bertz CT molecular complexity index is 526. The average Bonchev–Trinajstić information content (AvgIpc) is 2.60. The van der Waals surface area contributed by atoms with Crippen molar-refractivity contribution in [1.82, 2.24) is 10.2 Å². The molecular formula is C12H13N3O4. The van der Waals surface area contributed by atoms with Crippen LogP contribution in [0.15, 0.2) is 24.3 Å². The first kappa shape index (κ1) is 12.9. The van der Waals surface area contributed by atoms with Crippen molar-refractivity contribution < 1.29 is 19.5 Å². The van der Waals surface area contributed by atoms with Crippen LogP contribution in [-0.2, 0) is 16.0 Å². The highest BCUT2D eigenvalue weighted by Gasteiger charge is 2.38. The molecule has 0 saturated carbocycles. The maximum Gasteiger partial charge on any atom is 0.325 e. The largest absolute Gasteiger partial charge is 0.480 e. The molecule has 19 heavy (non-hydrogen) atoms. The van der Waals surface area contributed by atoms with Crippen LogP contribution in [0, 0.1) is 0 Å². The Kier molecular flexibility index (Phi) is 3.37. The number of carbonyl (C=O) groups excluding carboxylic acids is 2. The van der Waals surface area contributed by atoms with Gasteiger partial charge in [-0.05, 0) is 17.7 Å². The van der Waals surface area contributed by atoms with Gasteiger partial charge >= 0.3 is 12.0 Å². The molecule has 0 aromatic heterocycles. The number of nitrogens with zero attached hydrogens (tertiary/aromatic N) is 1. The first-order valence-electron chi connectivity index (χ1n) is 5.65. The minimum absolute atomic E-state index is 0.307. The van der Waals surface area contributed by atoms with Crippen molar-refractivity contribution in [2.45, 2.75) is 12.5 Å². The number of urea groups is 1. The molecule has 1 fully saturated rings. The number of anilines is 1. The number of carboxylic acids is 1. The lowest BCUT2D eigenvalue weighted by Crippen LogP contribution is -2.36. The van der Waals surface area contributed by atoms with Gasteiger partial charge in [0.2, 0.25) is 0 Å². The Morgan fingerprint density at radius 1 is 1.32 bits per heavy atom. The molecule has 1 atom stereocenters. The number of hydrogen-bond donors (Lipinski definition) is 3. The minimum atomic E-state index is -1.23. The highest BCUT2D eigenvalue weighted by Crippen LogP contribution is 2.13. The summed E-state index contributed by atoms with van der Waals surface area (Å²) in [6.07, 6.45) is 0.307. The van der Waals surface area contributed by atoms with Crippen molar-refractivity contribution in [3.05, 3.63) is 29.8 Å². The Morgan fingerprint density at radius 3 is 2.53 bits per heavy atom. The van der Waals surface area contributed by atoms with E-state index >= 15 is 0 Å². The number of nitrogen functional groups attached to an aromatic ring is 1. The van der Waals surface area contributed by atoms with Gasteiger partial charge in [-0.1, -0.05) is 12.1 Å². The number of aliphatic carboxylic acids is 1. The van der Waals surface area contributed by atoms with E-state index in [-0.39, 0.29) is 0 Å². The topological polar surface area (TPSA) is 113 Å². The fourth-order valence-electron chi connectivity index (χ4n) is 1.89. The monoisotopic (exact) mass is 263 g/mol. The predicted octanol–water partition coefficient (Wildman–Crippen LogP) is -0.184. The molecule has 0 spiro atoms. The Balaban J connectivity index is 2.06. The van der Waals surface area contributed by atoms with E-state index in [0.29, 0.717) is 17.0 Å². The third kappa shape index (κ3) is 2.82. The Morgan fingerprint density at radius 2 is 1.95 bits per heavy atom. The van der Waals surface area contributed by atoms with Crippen molar-refractivity contribution in [2.24, 2.45) is 0 Å². The highest BCUT2D eigenvalue weighted by molar-refractivity contribution is 6.06. The van der Waals surface area contributed by atoms with Gasteiger partial charge in [0.05, 0.1) is 0 Å². The molecule has 0 bridgehead atoms. The number of carbonyl (C=O) groups is 3. The van der Waals surface area contributed by atoms with Crippen molar-refractivity contribution in [3.63, 3.8) is 0 Å². The zero-order chi connectivity index (χ0) is 14.0. The maximum atomic E-state index is 11.9. The quantitative estimate of drug-likeness (QED) is 0.515. The summed E-state index contributed by atoms with van der Waals surface area (Å²) in [6, 6.07) is 5.52. The Labute approximate surface area is 109 Å². The van der Waals surface area contributed by atoms with E-state index in [1.54, 1.807) is 24.3 Å². The fourth-order valence-corrected chi connectivity index (χ4v) is 1.89. The first-order chi connectivity index (χ1) is 8.97. The number of amides is 3. The number of nitrogens with one attached hydrogen (secondary N) is 1. The molecule has 100 valence electrons. The van der Waals surface area contributed by atoms with Gasteiger partial charge in [-0.3, -0.25) is 14.5 Å². The fraction of sp³-hybridized carbons (Fsp3) is 0.250. The summed E-state index contributed by atoms with van der Waals surface area (Å²) in [5.74, 6) is -1.75. The lowest BCUT2D eigenvalue weighted by Gasteiger charge is -2.10. The molecule has 1 aromatic carbocycles. The second-order valence-electron chi connectivity index (χ2n) is 4.27. The summed E-state index contributed by atoms with van der Waals surface area (Å²) >= 11 is 0. The van der Waals surface area contributed by atoms with Crippen molar-refractivity contribution in [3.8, 4) is 0 Å². The molecule has 0 radical (unpaired) electrons. The van der Waals surface area contributed by atoms with Crippen LogP contribution >= 0.6 is 0 Å². The van der Waals surface area contributed by atoms with Crippen LogP contribution < -0.4 is 11.1 Å². The summed E-state index contributed by atoms with van der Waals surface area (Å²) in [5, 5.41) is 11.1. The third-order valence-corrected chi connectivity index (χ3v) is 2.82. The normalized spacial score (nSPS) is 18.5. The smallest absolute Gasteiger partial charge is 0.325 e. The van der Waals surface area contributed by atoms with Crippen LogP contribution in [0.2, 0.25) is 0 Å². The second kappa shape index (κ2) is 4.97. The summed E-state index contributed by atoms with van der Waals surface area (Å²) in [4.78, 5) is 34.6. The highest BCUT2D eigenvalue weighted by atomic mass is 16.4. The van der Waals surface area contributed by atoms with Gasteiger partial charge in [-0.25, -0.2) is 4.79 Å². The number of imide groups is 1. The molecule has 1 aromatic rings. The van der Waals surface area contributed by atoms with Gasteiger partial charge in [-0.15, -0.1) is 0 Å². The van der Waals surface area contributed by atoms with E-state index in [4.69, 9.17) is 10.8 Å². The lowest BCUT2D eigenvalue weighted by molar-refractivity contribution is -0.141. The standard InChI is InChI=1S/C12H13N3O4/c13-8-3-1-7(2-4-8)5-9-11(18)15(6-10(16)17)12(19)14-9/h1-4,9H,5-6,13H2,(H,14,19)(H,16,17)/t9-/m0/s1. The van der Waals surface area contributed by atoms with E-state index in [1.807, 2.05) is 0 Å². The summed E-state index contributed by atoms with van der Waals surface area (Å²) in [5.41, 5.74) is 7.00. The molecule has 1 aliphatic heterocycles. The second-order valence-corrected chi connectivity index (χ2v) is 4.27. The molecule has 4 N–H and O–H groups in total. The molecule has 0 aliphatic carbocycles. The number of carboxylic acid groups (broad SMARTS) is 1.